The van der Waals surface area contributed by atoms with Crippen LogP contribution in [0.4, 0.5) is 0 Å². The summed E-state index contributed by atoms with van der Waals surface area (Å²) in [6, 6.07) is 9.71. The van der Waals surface area contributed by atoms with Crippen molar-refractivity contribution < 1.29 is 8.42 Å². The minimum absolute atomic E-state index is 0.0360. The first kappa shape index (κ1) is 14.4. The number of benzene rings is 1. The second-order valence-corrected chi connectivity index (χ2v) is 7.75. The number of hydrogen-bond acceptors (Lipinski definition) is 2. The van der Waals surface area contributed by atoms with Crippen molar-refractivity contribution in [2.45, 2.75) is 12.8 Å². The van der Waals surface area contributed by atoms with Crippen molar-refractivity contribution in [1.82, 2.24) is 0 Å². The third-order valence-corrected chi connectivity index (χ3v) is 4.67. The van der Waals surface area contributed by atoms with E-state index in [2.05, 4.69) is 19.1 Å². The van der Waals surface area contributed by atoms with Gasteiger partial charge in [-0.05, 0) is 17.4 Å². The van der Waals surface area contributed by atoms with E-state index in [-0.39, 0.29) is 17.6 Å². The molecule has 0 aromatic heterocycles. The molecule has 1 aliphatic carbocycles. The van der Waals surface area contributed by atoms with Crippen LogP contribution in [-0.4, -0.2) is 14.2 Å². The highest BCUT2D eigenvalue weighted by atomic mass is 35.7. The van der Waals surface area contributed by atoms with Gasteiger partial charge >= 0.3 is 0 Å². The molecule has 3 unspecified atom stereocenters. The highest BCUT2D eigenvalue weighted by Gasteiger charge is 2.29. The molecule has 0 saturated carbocycles. The summed E-state index contributed by atoms with van der Waals surface area (Å²) < 4.78 is 23.0. The molecule has 1 aromatic carbocycles. The van der Waals surface area contributed by atoms with Crippen LogP contribution in [0.2, 0.25) is 0 Å². The topological polar surface area (TPSA) is 34.1 Å². The molecule has 4 heteroatoms. The summed E-state index contributed by atoms with van der Waals surface area (Å²) in [5.41, 5.74) is 1.02. The monoisotopic (exact) mass is 296 g/mol. The number of rotatable bonds is 4. The van der Waals surface area contributed by atoms with Crippen LogP contribution in [0.15, 0.2) is 54.6 Å². The van der Waals surface area contributed by atoms with E-state index in [4.69, 9.17) is 10.7 Å². The summed E-state index contributed by atoms with van der Waals surface area (Å²) in [5.74, 6) is 0.306. The van der Waals surface area contributed by atoms with E-state index >= 15 is 0 Å². The lowest BCUT2D eigenvalue weighted by molar-refractivity contribution is 0.436. The third-order valence-electron chi connectivity index (χ3n) is 3.54. The van der Waals surface area contributed by atoms with Crippen molar-refractivity contribution in [3.63, 3.8) is 0 Å². The predicted octanol–water partition coefficient (Wildman–Crippen LogP) is 3.72. The Morgan fingerprint density at radius 3 is 2.37 bits per heavy atom. The molecule has 0 aliphatic heterocycles. The maximum atomic E-state index is 11.5. The highest BCUT2D eigenvalue weighted by molar-refractivity contribution is 8.13. The Bertz CT molecular complexity index is 575. The average Bonchev–Trinajstić information content (AvgIpc) is 2.37. The van der Waals surface area contributed by atoms with Gasteiger partial charge in [-0.3, -0.25) is 0 Å². The fourth-order valence-electron chi connectivity index (χ4n) is 2.58. The summed E-state index contributed by atoms with van der Waals surface area (Å²) in [5, 5.41) is 0. The van der Waals surface area contributed by atoms with Crippen LogP contribution in [0.3, 0.4) is 0 Å². The molecule has 1 aliphatic rings. The molecule has 19 heavy (non-hydrogen) atoms. The van der Waals surface area contributed by atoms with Gasteiger partial charge in [0.2, 0.25) is 9.05 Å². The smallest absolute Gasteiger partial charge is 0.212 e. The van der Waals surface area contributed by atoms with Gasteiger partial charge in [0.05, 0.1) is 5.75 Å². The normalized spacial score (nSPS) is 24.3. The van der Waals surface area contributed by atoms with Gasteiger partial charge in [-0.1, -0.05) is 61.6 Å². The molecule has 102 valence electrons. The molecule has 0 radical (unpaired) electrons. The third kappa shape index (κ3) is 3.95. The van der Waals surface area contributed by atoms with Crippen LogP contribution < -0.4 is 0 Å². The van der Waals surface area contributed by atoms with E-state index < -0.39 is 9.05 Å². The Balaban J connectivity index is 2.35. The van der Waals surface area contributed by atoms with Crippen LogP contribution in [0.25, 0.3) is 0 Å². The Morgan fingerprint density at radius 1 is 1.16 bits per heavy atom. The van der Waals surface area contributed by atoms with Crippen molar-refractivity contribution >= 4 is 19.7 Å². The zero-order chi connectivity index (χ0) is 13.9. The van der Waals surface area contributed by atoms with Crippen LogP contribution in [-0.2, 0) is 9.05 Å². The zero-order valence-electron chi connectivity index (χ0n) is 10.7. The maximum Gasteiger partial charge on any atom is 0.233 e. The minimum Gasteiger partial charge on any atom is -0.212 e. The summed E-state index contributed by atoms with van der Waals surface area (Å²) in [4.78, 5) is 0. The molecular weight excluding hydrogens is 280 g/mol. The van der Waals surface area contributed by atoms with E-state index in [0.717, 1.165) is 5.56 Å². The fraction of sp³-hybridized carbons (Fsp3) is 0.333. The Labute approximate surface area is 119 Å². The van der Waals surface area contributed by atoms with Crippen LogP contribution in [0.1, 0.15) is 18.4 Å². The van der Waals surface area contributed by atoms with Crippen molar-refractivity contribution in [1.29, 1.82) is 0 Å². The lowest BCUT2D eigenvalue weighted by atomic mass is 9.77. The first-order valence-corrected chi connectivity index (χ1v) is 8.77. The van der Waals surface area contributed by atoms with Gasteiger partial charge in [0.15, 0.2) is 0 Å². The number of allylic oxidation sites excluding steroid dienone is 4. The molecule has 2 rings (SSSR count). The summed E-state index contributed by atoms with van der Waals surface area (Å²) in [6.07, 6.45) is 8.14. The fourth-order valence-corrected chi connectivity index (χ4v) is 3.83. The van der Waals surface area contributed by atoms with Gasteiger partial charge in [-0.2, -0.15) is 0 Å². The SMILES string of the molecule is CC1C=CC=CC1C(CS(=O)(=O)Cl)c1ccccc1. The molecule has 3 atom stereocenters. The standard InChI is InChI=1S/C15H17ClO2S/c1-12-7-5-6-10-14(12)15(11-19(16,17)18)13-8-3-2-4-9-13/h2-10,12,14-15H,11H2,1H3. The van der Waals surface area contributed by atoms with Gasteiger partial charge in [0, 0.05) is 16.6 Å². The van der Waals surface area contributed by atoms with E-state index in [1.165, 1.54) is 0 Å². The van der Waals surface area contributed by atoms with Crippen LogP contribution in [0, 0.1) is 11.8 Å². The molecule has 0 heterocycles. The van der Waals surface area contributed by atoms with E-state index in [1.807, 2.05) is 42.5 Å². The molecule has 2 nitrogen and oxygen atoms in total. The molecule has 0 spiro atoms. The van der Waals surface area contributed by atoms with E-state index in [9.17, 15) is 8.42 Å². The number of halogens is 1. The quantitative estimate of drug-likeness (QED) is 0.794. The Morgan fingerprint density at radius 2 is 1.79 bits per heavy atom. The van der Waals surface area contributed by atoms with Gasteiger partial charge in [-0.15, -0.1) is 0 Å². The number of hydrogen-bond donors (Lipinski definition) is 0. The first-order valence-electron chi connectivity index (χ1n) is 6.29. The summed E-state index contributed by atoms with van der Waals surface area (Å²) in [6.45, 7) is 2.10. The second kappa shape index (κ2) is 5.93. The molecular formula is C15H17ClO2S. The van der Waals surface area contributed by atoms with Crippen molar-refractivity contribution in [2.24, 2.45) is 11.8 Å². The van der Waals surface area contributed by atoms with E-state index in [0.29, 0.717) is 5.92 Å². The Hall–Kier alpha value is -1.06. The summed E-state index contributed by atoms with van der Waals surface area (Å²) >= 11 is 0. The largest absolute Gasteiger partial charge is 0.233 e. The molecule has 0 amide bonds. The van der Waals surface area contributed by atoms with Gasteiger partial charge in [0.1, 0.15) is 0 Å². The molecule has 0 saturated heterocycles. The molecule has 1 aromatic rings. The van der Waals surface area contributed by atoms with Gasteiger partial charge in [-0.25, -0.2) is 8.42 Å². The lowest BCUT2D eigenvalue weighted by Gasteiger charge is -2.29. The summed E-state index contributed by atoms with van der Waals surface area (Å²) in [7, 11) is 1.94. The van der Waals surface area contributed by atoms with Crippen LogP contribution >= 0.6 is 10.7 Å². The minimum atomic E-state index is -3.53. The molecule has 0 bridgehead atoms. The van der Waals surface area contributed by atoms with Crippen molar-refractivity contribution in [2.75, 3.05) is 5.75 Å². The average molecular weight is 297 g/mol. The van der Waals surface area contributed by atoms with Crippen LogP contribution in [0.5, 0.6) is 0 Å². The lowest BCUT2D eigenvalue weighted by Crippen LogP contribution is -2.24. The molecule has 0 N–H and O–H groups in total. The first-order chi connectivity index (χ1) is 8.97. The second-order valence-electron chi connectivity index (χ2n) is 4.93. The maximum absolute atomic E-state index is 11.5. The zero-order valence-corrected chi connectivity index (χ0v) is 12.3. The predicted molar refractivity (Wildman–Crippen MR) is 79.8 cm³/mol. The Kier molecular flexibility index (Phi) is 4.48. The highest BCUT2D eigenvalue weighted by Crippen LogP contribution is 2.35. The van der Waals surface area contributed by atoms with Crippen molar-refractivity contribution in [3.05, 3.63) is 60.2 Å². The molecule has 0 fully saturated rings. The van der Waals surface area contributed by atoms with Gasteiger partial charge < -0.3 is 0 Å². The van der Waals surface area contributed by atoms with E-state index in [1.54, 1.807) is 0 Å². The van der Waals surface area contributed by atoms with Crippen molar-refractivity contribution in [3.8, 4) is 0 Å². The van der Waals surface area contributed by atoms with Gasteiger partial charge in [0.25, 0.3) is 0 Å².